The van der Waals surface area contributed by atoms with Gasteiger partial charge in [0.2, 0.25) is 10.0 Å². The van der Waals surface area contributed by atoms with Crippen LogP contribution in [0.15, 0.2) is 26.6 Å². The SMILES string of the molecule is Cc1nnc(Cn2c(=O)[nH]c3ccc(S(N)(=O)=O)c(C4(CF)CC4)c3c2=O)s1. The van der Waals surface area contributed by atoms with Gasteiger partial charge in [-0.2, -0.15) is 0 Å². The van der Waals surface area contributed by atoms with Crippen molar-refractivity contribution in [1.29, 1.82) is 0 Å². The maximum atomic E-state index is 13.8. The Morgan fingerprint density at radius 1 is 1.32 bits per heavy atom. The van der Waals surface area contributed by atoms with E-state index in [1.807, 2.05) is 0 Å². The Labute approximate surface area is 162 Å². The molecule has 1 aliphatic rings. The van der Waals surface area contributed by atoms with E-state index in [0.717, 1.165) is 4.57 Å². The second kappa shape index (κ2) is 6.29. The molecule has 0 aliphatic heterocycles. The number of hydrogen-bond acceptors (Lipinski definition) is 7. The van der Waals surface area contributed by atoms with Gasteiger partial charge in [0.05, 0.1) is 29.0 Å². The molecule has 1 aromatic carbocycles. The third-order valence-corrected chi connectivity index (χ3v) is 6.70. The van der Waals surface area contributed by atoms with Gasteiger partial charge in [-0.1, -0.05) is 11.3 Å². The standard InChI is InChI=1S/C16H16FN5O4S2/c1-8-20-21-11(27-8)6-22-14(23)12-9(19-15(22)24)2-3-10(28(18,25)26)13(12)16(7-17)4-5-16/h2-3H,4-7H2,1H3,(H,19,24)(H2,18,25,26). The fourth-order valence-electron chi connectivity index (χ4n) is 3.36. The van der Waals surface area contributed by atoms with Crippen molar-refractivity contribution in [2.75, 3.05) is 6.67 Å². The number of alkyl halides is 1. The van der Waals surface area contributed by atoms with Crippen LogP contribution in [0.5, 0.6) is 0 Å². The average molecular weight is 425 g/mol. The number of nitrogens with one attached hydrogen (secondary N) is 1. The van der Waals surface area contributed by atoms with E-state index in [1.54, 1.807) is 6.92 Å². The molecule has 4 rings (SSSR count). The van der Waals surface area contributed by atoms with E-state index < -0.39 is 33.4 Å². The maximum Gasteiger partial charge on any atom is 0.329 e. The predicted octanol–water partition coefficient (Wildman–Crippen LogP) is 0.547. The first kappa shape index (κ1) is 18.9. The van der Waals surface area contributed by atoms with E-state index in [2.05, 4.69) is 15.2 Å². The fraction of sp³-hybridized carbons (Fsp3) is 0.375. The van der Waals surface area contributed by atoms with E-state index in [1.165, 1.54) is 23.5 Å². The van der Waals surface area contributed by atoms with Crippen LogP contribution >= 0.6 is 11.3 Å². The van der Waals surface area contributed by atoms with Crippen molar-refractivity contribution in [3.05, 3.63) is 48.5 Å². The second-order valence-corrected chi connectivity index (χ2v) is 9.65. The van der Waals surface area contributed by atoms with E-state index in [9.17, 15) is 22.4 Å². The molecule has 0 radical (unpaired) electrons. The molecular weight excluding hydrogens is 409 g/mol. The number of aromatic nitrogens is 4. The zero-order chi connectivity index (χ0) is 20.3. The molecule has 0 spiro atoms. The molecule has 1 fully saturated rings. The van der Waals surface area contributed by atoms with Crippen molar-refractivity contribution >= 4 is 32.3 Å². The van der Waals surface area contributed by atoms with Crippen molar-refractivity contribution in [1.82, 2.24) is 19.7 Å². The molecule has 3 N–H and O–H groups in total. The second-order valence-electron chi connectivity index (χ2n) is 6.86. The summed E-state index contributed by atoms with van der Waals surface area (Å²) >= 11 is 1.23. The zero-order valence-electron chi connectivity index (χ0n) is 14.7. The van der Waals surface area contributed by atoms with Crippen LogP contribution in [0.25, 0.3) is 10.9 Å². The first-order valence-electron chi connectivity index (χ1n) is 8.34. The summed E-state index contributed by atoms with van der Waals surface area (Å²) in [6.07, 6.45) is 0.776. The van der Waals surface area contributed by atoms with Gasteiger partial charge in [0, 0.05) is 5.41 Å². The van der Waals surface area contributed by atoms with Crippen LogP contribution in [0.4, 0.5) is 4.39 Å². The normalized spacial score (nSPS) is 15.8. The summed E-state index contributed by atoms with van der Waals surface area (Å²) in [5.41, 5.74) is -2.30. The summed E-state index contributed by atoms with van der Waals surface area (Å²) in [5.74, 6) is 0. The molecule has 12 heteroatoms. The molecule has 148 valence electrons. The summed E-state index contributed by atoms with van der Waals surface area (Å²) in [6.45, 7) is 0.781. The van der Waals surface area contributed by atoms with Crippen LogP contribution in [0.2, 0.25) is 0 Å². The van der Waals surface area contributed by atoms with Crippen molar-refractivity contribution in [2.24, 2.45) is 5.14 Å². The Morgan fingerprint density at radius 2 is 2.04 bits per heavy atom. The number of fused-ring (bicyclic) bond motifs is 1. The quantitative estimate of drug-likeness (QED) is 0.611. The van der Waals surface area contributed by atoms with Crippen LogP contribution in [0.3, 0.4) is 0 Å². The number of halogens is 1. The number of benzene rings is 1. The van der Waals surface area contributed by atoms with Crippen LogP contribution in [-0.2, 0) is 22.0 Å². The van der Waals surface area contributed by atoms with Crippen molar-refractivity contribution in [3.8, 4) is 0 Å². The van der Waals surface area contributed by atoms with Crippen molar-refractivity contribution in [2.45, 2.75) is 36.6 Å². The number of H-pyrrole nitrogens is 1. The Kier molecular flexibility index (Phi) is 4.25. The van der Waals surface area contributed by atoms with E-state index in [-0.39, 0.29) is 27.9 Å². The maximum absolute atomic E-state index is 13.8. The minimum absolute atomic E-state index is 0.0393. The number of nitrogens with two attached hydrogens (primary N) is 1. The number of hydrogen-bond donors (Lipinski definition) is 2. The minimum atomic E-state index is -4.20. The van der Waals surface area contributed by atoms with Gasteiger partial charge in [-0.15, -0.1) is 10.2 Å². The number of sulfonamides is 1. The summed E-state index contributed by atoms with van der Waals surface area (Å²) in [6, 6.07) is 2.51. The molecule has 0 saturated heterocycles. The summed E-state index contributed by atoms with van der Waals surface area (Å²) in [4.78, 5) is 27.9. The van der Waals surface area contributed by atoms with Gasteiger partial charge < -0.3 is 4.98 Å². The molecule has 2 heterocycles. The Hall–Kier alpha value is -2.44. The highest BCUT2D eigenvalue weighted by atomic mass is 32.2. The Bertz CT molecular complexity index is 1320. The van der Waals surface area contributed by atoms with Crippen LogP contribution in [0.1, 0.15) is 28.4 Å². The Morgan fingerprint density at radius 3 is 2.57 bits per heavy atom. The molecule has 0 bridgehead atoms. The molecule has 3 aromatic rings. The third kappa shape index (κ3) is 2.97. The van der Waals surface area contributed by atoms with Gasteiger partial charge in [-0.3, -0.25) is 13.8 Å². The smallest absolute Gasteiger partial charge is 0.307 e. The molecular formula is C16H16FN5O4S2. The topological polar surface area (TPSA) is 141 Å². The van der Waals surface area contributed by atoms with Crippen LogP contribution < -0.4 is 16.4 Å². The number of aryl methyl sites for hydroxylation is 1. The van der Waals surface area contributed by atoms with Gasteiger partial charge in [-0.05, 0) is 37.5 Å². The first-order valence-corrected chi connectivity index (χ1v) is 10.7. The zero-order valence-corrected chi connectivity index (χ0v) is 16.4. The van der Waals surface area contributed by atoms with E-state index in [0.29, 0.717) is 22.9 Å². The van der Waals surface area contributed by atoms with Crippen LogP contribution in [-0.4, -0.2) is 34.8 Å². The van der Waals surface area contributed by atoms with Gasteiger partial charge in [0.1, 0.15) is 10.0 Å². The van der Waals surface area contributed by atoms with Crippen LogP contribution in [0, 0.1) is 6.92 Å². The largest absolute Gasteiger partial charge is 0.329 e. The minimum Gasteiger partial charge on any atom is -0.307 e. The van der Waals surface area contributed by atoms with Crippen molar-refractivity contribution in [3.63, 3.8) is 0 Å². The highest BCUT2D eigenvalue weighted by molar-refractivity contribution is 7.89. The lowest BCUT2D eigenvalue weighted by atomic mass is 9.93. The lowest BCUT2D eigenvalue weighted by Crippen LogP contribution is -2.37. The Balaban J connectivity index is 2.07. The summed E-state index contributed by atoms with van der Waals surface area (Å²) in [7, 11) is -4.20. The predicted molar refractivity (Wildman–Crippen MR) is 101 cm³/mol. The monoisotopic (exact) mass is 425 g/mol. The van der Waals surface area contributed by atoms with Crippen molar-refractivity contribution < 1.29 is 12.8 Å². The summed E-state index contributed by atoms with van der Waals surface area (Å²) < 4.78 is 39.0. The molecule has 1 saturated carbocycles. The number of aromatic amines is 1. The third-order valence-electron chi connectivity index (χ3n) is 4.92. The fourth-order valence-corrected chi connectivity index (χ4v) is 4.92. The lowest BCUT2D eigenvalue weighted by Gasteiger charge is -2.18. The van der Waals surface area contributed by atoms with E-state index >= 15 is 0 Å². The number of nitrogens with zero attached hydrogens (tertiary/aromatic N) is 3. The van der Waals surface area contributed by atoms with Gasteiger partial charge >= 0.3 is 5.69 Å². The number of rotatable bonds is 5. The van der Waals surface area contributed by atoms with Gasteiger partial charge in [0.15, 0.2) is 0 Å². The molecule has 0 atom stereocenters. The van der Waals surface area contributed by atoms with E-state index in [4.69, 9.17) is 5.14 Å². The molecule has 0 unspecified atom stereocenters. The molecule has 9 nitrogen and oxygen atoms in total. The molecule has 1 aliphatic carbocycles. The molecule has 0 amide bonds. The highest BCUT2D eigenvalue weighted by Gasteiger charge is 2.48. The molecule has 2 aromatic heterocycles. The highest BCUT2D eigenvalue weighted by Crippen LogP contribution is 2.51. The molecule has 28 heavy (non-hydrogen) atoms. The average Bonchev–Trinajstić information content (AvgIpc) is 3.32. The lowest BCUT2D eigenvalue weighted by molar-refractivity contribution is 0.415. The summed E-state index contributed by atoms with van der Waals surface area (Å²) in [5, 5.41) is 14.2. The van der Waals surface area contributed by atoms with Gasteiger partial charge in [-0.25, -0.2) is 18.4 Å². The number of primary sulfonamides is 1. The van der Waals surface area contributed by atoms with Gasteiger partial charge in [0.25, 0.3) is 5.56 Å². The first-order chi connectivity index (χ1) is 13.2.